The second-order valence-electron chi connectivity index (χ2n) is 8.13. The summed E-state index contributed by atoms with van der Waals surface area (Å²) in [7, 11) is -3.97. The predicted octanol–water partition coefficient (Wildman–Crippen LogP) is 4.04. The van der Waals surface area contributed by atoms with Gasteiger partial charge >= 0.3 is 0 Å². The van der Waals surface area contributed by atoms with Gasteiger partial charge in [0, 0.05) is 23.2 Å². The van der Waals surface area contributed by atoms with E-state index in [1.54, 1.807) is 31.2 Å². The number of hydrogen-bond donors (Lipinski definition) is 2. The van der Waals surface area contributed by atoms with Crippen molar-refractivity contribution in [3.8, 4) is 0 Å². The zero-order valence-corrected chi connectivity index (χ0v) is 20.9. The number of rotatable bonds is 8. The summed E-state index contributed by atoms with van der Waals surface area (Å²) in [6.45, 7) is 1.50. The number of amides is 1. The Hall–Kier alpha value is -1.65. The number of halogens is 2. The lowest BCUT2D eigenvalue weighted by Gasteiger charge is -2.35. The molecular weight excluding hydrogens is 487 g/mol. The second kappa shape index (κ2) is 12.2. The molecule has 0 aliphatic heterocycles. The summed E-state index contributed by atoms with van der Waals surface area (Å²) in [6.07, 6.45) is 1.05. The molecule has 2 unspecified atom stereocenters. The van der Waals surface area contributed by atoms with Crippen LogP contribution in [-0.4, -0.2) is 48.6 Å². The third-order valence-electron chi connectivity index (χ3n) is 5.64. The van der Waals surface area contributed by atoms with E-state index in [-0.39, 0.29) is 43.5 Å². The van der Waals surface area contributed by atoms with Crippen molar-refractivity contribution < 1.29 is 22.7 Å². The molecule has 1 aliphatic carbocycles. The number of aliphatic hydroxyl groups is 1. The molecule has 6 nitrogen and oxygen atoms in total. The molecule has 0 bridgehead atoms. The first-order chi connectivity index (χ1) is 15.2. The Morgan fingerprint density at radius 2 is 1.76 bits per heavy atom. The topological polar surface area (TPSA) is 86.7 Å². The highest BCUT2D eigenvalue weighted by molar-refractivity contribution is 7.89. The van der Waals surface area contributed by atoms with E-state index in [9.17, 15) is 17.6 Å². The number of nitrogens with one attached hydrogen (secondary N) is 1. The van der Waals surface area contributed by atoms with Crippen LogP contribution in [0.4, 0.5) is 4.39 Å². The molecule has 2 N–H and O–H groups in total. The largest absolute Gasteiger partial charge is 0.394 e. The number of sulfonamides is 1. The minimum Gasteiger partial charge on any atom is -0.394 e. The van der Waals surface area contributed by atoms with Gasteiger partial charge in [0.05, 0.1) is 17.5 Å². The van der Waals surface area contributed by atoms with E-state index in [0.29, 0.717) is 29.0 Å². The summed E-state index contributed by atoms with van der Waals surface area (Å²) in [6, 6.07) is 11.2. The van der Waals surface area contributed by atoms with E-state index in [0.717, 1.165) is 12.8 Å². The van der Waals surface area contributed by atoms with Crippen LogP contribution in [0, 0.1) is 0 Å². The zero-order valence-electron chi connectivity index (χ0n) is 18.4. The first-order valence-corrected chi connectivity index (χ1v) is 12.5. The van der Waals surface area contributed by atoms with Crippen LogP contribution in [0.5, 0.6) is 0 Å². The van der Waals surface area contributed by atoms with Crippen LogP contribution in [-0.2, 0) is 16.6 Å². The molecule has 1 fully saturated rings. The lowest BCUT2D eigenvalue weighted by atomic mass is 9.93. The van der Waals surface area contributed by atoms with Gasteiger partial charge in [-0.3, -0.25) is 4.79 Å². The molecule has 0 radical (unpaired) electrons. The van der Waals surface area contributed by atoms with Gasteiger partial charge in [0.1, 0.15) is 6.17 Å². The standard InChI is InChI=1S/C23H28ClFN2O4S.H2S/c1-16(15-28)26-23(29)18-8-6-17(7-9-18)14-27(22-5-3-2-4-21(22)25)32(30,31)20-12-10-19(24)11-13-20;/h6-13,16,21-22,28H,2-5,14-15H2,1H3,(H,26,29);1H2/t16-,21?,22?;/m0./s1. The highest BCUT2D eigenvalue weighted by Gasteiger charge is 2.38. The van der Waals surface area contributed by atoms with E-state index in [1.165, 1.54) is 28.6 Å². The van der Waals surface area contributed by atoms with Crippen molar-refractivity contribution in [2.75, 3.05) is 6.61 Å². The molecule has 0 aromatic heterocycles. The Kier molecular flexibility index (Phi) is 10.2. The normalized spacial score (nSPS) is 19.5. The fraction of sp³-hybridized carbons (Fsp3) is 0.435. The van der Waals surface area contributed by atoms with Gasteiger partial charge in [-0.2, -0.15) is 17.8 Å². The van der Waals surface area contributed by atoms with Crippen molar-refractivity contribution >= 4 is 41.0 Å². The summed E-state index contributed by atoms with van der Waals surface area (Å²) in [4.78, 5) is 12.3. The van der Waals surface area contributed by atoms with Crippen molar-refractivity contribution in [1.29, 1.82) is 0 Å². The molecule has 33 heavy (non-hydrogen) atoms. The van der Waals surface area contributed by atoms with Crippen molar-refractivity contribution in [2.45, 2.75) is 62.3 Å². The Bertz CT molecular complexity index is 1020. The van der Waals surface area contributed by atoms with Gasteiger partial charge in [-0.1, -0.05) is 36.6 Å². The Morgan fingerprint density at radius 1 is 1.15 bits per heavy atom. The molecule has 0 heterocycles. The van der Waals surface area contributed by atoms with Crippen molar-refractivity contribution in [2.24, 2.45) is 0 Å². The number of alkyl halides is 1. The molecule has 3 atom stereocenters. The van der Waals surface area contributed by atoms with E-state index in [2.05, 4.69) is 5.32 Å². The molecular formula is C23H30ClFN2O4S2. The minimum absolute atomic E-state index is 0. The summed E-state index contributed by atoms with van der Waals surface area (Å²) >= 11 is 5.91. The number of benzene rings is 2. The molecule has 2 aromatic carbocycles. The number of carbonyl (C=O) groups is 1. The van der Waals surface area contributed by atoms with Gasteiger partial charge in [-0.25, -0.2) is 12.8 Å². The number of carbonyl (C=O) groups excluding carboxylic acids is 1. The van der Waals surface area contributed by atoms with E-state index in [4.69, 9.17) is 16.7 Å². The first kappa shape index (κ1) is 27.6. The molecule has 10 heteroatoms. The van der Waals surface area contributed by atoms with E-state index >= 15 is 0 Å². The van der Waals surface area contributed by atoms with E-state index < -0.39 is 22.2 Å². The third kappa shape index (κ3) is 6.93. The molecule has 1 saturated carbocycles. The second-order valence-corrected chi connectivity index (χ2v) is 10.5. The number of nitrogens with zero attached hydrogens (tertiary/aromatic N) is 1. The predicted molar refractivity (Wildman–Crippen MR) is 132 cm³/mol. The van der Waals surface area contributed by atoms with Gasteiger partial charge in [0.25, 0.3) is 5.91 Å². The van der Waals surface area contributed by atoms with Crippen LogP contribution in [0.15, 0.2) is 53.4 Å². The van der Waals surface area contributed by atoms with E-state index in [1.807, 2.05) is 0 Å². The molecule has 3 rings (SSSR count). The molecule has 0 saturated heterocycles. The van der Waals surface area contributed by atoms with Crippen LogP contribution >= 0.6 is 25.1 Å². The Labute approximate surface area is 206 Å². The molecule has 1 aliphatic rings. The van der Waals surface area contributed by atoms with Crippen LogP contribution in [0.3, 0.4) is 0 Å². The highest BCUT2D eigenvalue weighted by atomic mass is 35.5. The average molecular weight is 517 g/mol. The van der Waals surface area contributed by atoms with Gasteiger partial charge in [-0.05, 0) is 61.7 Å². The SMILES string of the molecule is C[C@@H](CO)NC(=O)c1ccc(CN(C2CCCCC2F)S(=O)(=O)c2ccc(Cl)cc2)cc1.S. The summed E-state index contributed by atoms with van der Waals surface area (Å²) in [5.74, 6) is -0.333. The summed E-state index contributed by atoms with van der Waals surface area (Å²) in [5.41, 5.74) is 1.04. The smallest absolute Gasteiger partial charge is 0.251 e. The highest BCUT2D eigenvalue weighted by Crippen LogP contribution is 2.31. The Balaban J connectivity index is 0.00000385. The summed E-state index contributed by atoms with van der Waals surface area (Å²) < 4.78 is 43.0. The minimum atomic E-state index is -3.97. The van der Waals surface area contributed by atoms with Crippen LogP contribution < -0.4 is 5.32 Å². The molecule has 1 amide bonds. The average Bonchev–Trinajstić information content (AvgIpc) is 2.78. The lowest BCUT2D eigenvalue weighted by molar-refractivity contribution is 0.0922. The van der Waals surface area contributed by atoms with Crippen molar-refractivity contribution in [3.63, 3.8) is 0 Å². The van der Waals surface area contributed by atoms with Crippen molar-refractivity contribution in [3.05, 3.63) is 64.7 Å². The molecule has 0 spiro atoms. The monoisotopic (exact) mass is 516 g/mol. The van der Waals surface area contributed by atoms with Gasteiger partial charge in [-0.15, -0.1) is 0 Å². The quantitative estimate of drug-likeness (QED) is 0.554. The Morgan fingerprint density at radius 3 is 2.33 bits per heavy atom. The van der Waals surface area contributed by atoms with Gasteiger partial charge in [0.2, 0.25) is 10.0 Å². The number of hydrogen-bond acceptors (Lipinski definition) is 4. The summed E-state index contributed by atoms with van der Waals surface area (Å²) in [5, 5.41) is 12.2. The first-order valence-electron chi connectivity index (χ1n) is 10.6. The lowest BCUT2D eigenvalue weighted by Crippen LogP contribution is -2.46. The third-order valence-corrected chi connectivity index (χ3v) is 7.78. The maximum Gasteiger partial charge on any atom is 0.251 e. The van der Waals surface area contributed by atoms with Crippen LogP contribution in [0.2, 0.25) is 5.02 Å². The zero-order chi connectivity index (χ0) is 23.3. The van der Waals surface area contributed by atoms with Crippen LogP contribution in [0.1, 0.15) is 48.5 Å². The fourth-order valence-corrected chi connectivity index (χ4v) is 5.60. The maximum atomic E-state index is 14.8. The number of aliphatic hydroxyl groups excluding tert-OH is 1. The maximum absolute atomic E-state index is 14.8. The fourth-order valence-electron chi connectivity index (χ4n) is 3.81. The van der Waals surface area contributed by atoms with Crippen molar-refractivity contribution in [1.82, 2.24) is 9.62 Å². The van der Waals surface area contributed by atoms with Crippen LogP contribution in [0.25, 0.3) is 0 Å². The van der Waals surface area contributed by atoms with Gasteiger partial charge in [0.15, 0.2) is 0 Å². The molecule has 182 valence electrons. The van der Waals surface area contributed by atoms with Gasteiger partial charge < -0.3 is 10.4 Å². The molecule has 2 aromatic rings.